The Hall–Kier alpha value is -1.10. The topological polar surface area (TPSA) is 86.6 Å². The minimum absolute atomic E-state index is 0.00245. The van der Waals surface area contributed by atoms with Gasteiger partial charge in [-0.05, 0) is 18.8 Å². The van der Waals surface area contributed by atoms with Gasteiger partial charge in [0.05, 0.1) is 5.92 Å². The van der Waals surface area contributed by atoms with Crippen LogP contribution in [0, 0.1) is 11.8 Å². The van der Waals surface area contributed by atoms with Crippen LogP contribution >= 0.6 is 0 Å². The van der Waals surface area contributed by atoms with Crippen molar-refractivity contribution in [3.63, 3.8) is 0 Å². The molecule has 15 heavy (non-hydrogen) atoms. The van der Waals surface area contributed by atoms with E-state index in [2.05, 4.69) is 5.32 Å². The Labute approximate surface area is 87.5 Å². The molecule has 1 aliphatic carbocycles. The third-order valence-electron chi connectivity index (χ3n) is 3.58. The van der Waals surface area contributed by atoms with Gasteiger partial charge >= 0.3 is 11.9 Å². The van der Waals surface area contributed by atoms with Crippen molar-refractivity contribution in [3.8, 4) is 0 Å². The Morgan fingerprint density at radius 3 is 2.33 bits per heavy atom. The highest BCUT2D eigenvalue weighted by molar-refractivity contribution is 5.84. The summed E-state index contributed by atoms with van der Waals surface area (Å²) in [4.78, 5) is 22.0. The highest BCUT2D eigenvalue weighted by atomic mass is 16.4. The van der Waals surface area contributed by atoms with Crippen LogP contribution in [0.15, 0.2) is 0 Å². The number of fused-ring (bicyclic) bond motifs is 1. The third-order valence-corrected chi connectivity index (χ3v) is 3.58. The second-order valence-electron chi connectivity index (χ2n) is 4.40. The number of aliphatic carboxylic acids is 2. The molecule has 4 atom stereocenters. The molecule has 0 bridgehead atoms. The van der Waals surface area contributed by atoms with Gasteiger partial charge in [0.25, 0.3) is 0 Å². The molecule has 1 heterocycles. The Bertz CT molecular complexity index is 291. The summed E-state index contributed by atoms with van der Waals surface area (Å²) < 4.78 is 0. The molecule has 1 saturated heterocycles. The lowest BCUT2D eigenvalue weighted by Crippen LogP contribution is -2.40. The summed E-state index contributed by atoms with van der Waals surface area (Å²) in [6.07, 6.45) is 3.81. The zero-order valence-electron chi connectivity index (χ0n) is 8.35. The van der Waals surface area contributed by atoms with Crippen molar-refractivity contribution < 1.29 is 19.8 Å². The fraction of sp³-hybridized carbons (Fsp3) is 0.800. The van der Waals surface area contributed by atoms with Crippen LogP contribution in [-0.4, -0.2) is 34.2 Å². The van der Waals surface area contributed by atoms with E-state index in [0.29, 0.717) is 0 Å². The largest absolute Gasteiger partial charge is 0.481 e. The summed E-state index contributed by atoms with van der Waals surface area (Å²) in [6, 6.07) is -0.823. The highest BCUT2D eigenvalue weighted by Crippen LogP contribution is 2.37. The molecule has 0 aromatic heterocycles. The predicted octanol–water partition coefficient (Wildman–Crippen LogP) is 0.302. The average Bonchev–Trinajstić information content (AvgIpc) is 2.56. The van der Waals surface area contributed by atoms with E-state index >= 15 is 0 Å². The molecule has 0 amide bonds. The molecule has 5 nitrogen and oxygen atoms in total. The maximum absolute atomic E-state index is 11.1. The minimum atomic E-state index is -1.04. The first-order valence-electron chi connectivity index (χ1n) is 5.33. The van der Waals surface area contributed by atoms with Gasteiger partial charge in [-0.25, -0.2) is 0 Å². The van der Waals surface area contributed by atoms with Gasteiger partial charge in [-0.3, -0.25) is 9.59 Å². The van der Waals surface area contributed by atoms with Gasteiger partial charge in [0.1, 0.15) is 6.04 Å². The standard InChI is InChI=1S/C10H15NO4/c12-9(13)7-5-3-1-2-4-6(5)11-8(7)10(14)15/h5-8,11H,1-4H2,(H,12,13)(H,14,15). The van der Waals surface area contributed by atoms with Gasteiger partial charge < -0.3 is 15.5 Å². The SMILES string of the molecule is O=C(O)C1NC2CCCCC2C1C(=O)O. The van der Waals surface area contributed by atoms with Crippen molar-refractivity contribution in [2.75, 3.05) is 0 Å². The van der Waals surface area contributed by atoms with Gasteiger partial charge in [-0.15, -0.1) is 0 Å². The van der Waals surface area contributed by atoms with Crippen molar-refractivity contribution in [2.45, 2.75) is 37.8 Å². The van der Waals surface area contributed by atoms with Crippen LogP contribution in [0.1, 0.15) is 25.7 Å². The van der Waals surface area contributed by atoms with E-state index in [0.717, 1.165) is 25.7 Å². The quantitative estimate of drug-likeness (QED) is 0.614. The monoisotopic (exact) mass is 213 g/mol. The highest BCUT2D eigenvalue weighted by Gasteiger charge is 2.50. The van der Waals surface area contributed by atoms with Gasteiger partial charge in [-0.2, -0.15) is 0 Å². The fourth-order valence-electron chi connectivity index (χ4n) is 2.93. The molecule has 0 spiro atoms. The first kappa shape index (κ1) is 10.4. The zero-order valence-corrected chi connectivity index (χ0v) is 8.35. The molecular formula is C10H15NO4. The van der Waals surface area contributed by atoms with E-state index < -0.39 is 23.9 Å². The Balaban J connectivity index is 2.21. The first-order chi connectivity index (χ1) is 7.11. The maximum atomic E-state index is 11.1. The van der Waals surface area contributed by atoms with Crippen LogP contribution in [0.4, 0.5) is 0 Å². The molecule has 0 aromatic rings. The van der Waals surface area contributed by atoms with Crippen molar-refractivity contribution in [1.82, 2.24) is 5.32 Å². The van der Waals surface area contributed by atoms with Crippen molar-refractivity contribution >= 4 is 11.9 Å². The van der Waals surface area contributed by atoms with Crippen molar-refractivity contribution in [1.29, 1.82) is 0 Å². The Morgan fingerprint density at radius 2 is 1.73 bits per heavy atom. The summed E-state index contributed by atoms with van der Waals surface area (Å²) in [5.74, 6) is -2.79. The normalized spacial score (nSPS) is 39.7. The molecule has 0 radical (unpaired) electrons. The summed E-state index contributed by atoms with van der Waals surface area (Å²) in [5, 5.41) is 21.0. The van der Waals surface area contributed by atoms with E-state index in [1.807, 2.05) is 0 Å². The second-order valence-corrected chi connectivity index (χ2v) is 4.40. The molecule has 2 aliphatic rings. The van der Waals surface area contributed by atoms with E-state index in [1.165, 1.54) is 0 Å². The molecule has 4 unspecified atom stereocenters. The predicted molar refractivity (Wildman–Crippen MR) is 51.4 cm³/mol. The number of hydrogen-bond donors (Lipinski definition) is 3. The number of nitrogens with one attached hydrogen (secondary N) is 1. The smallest absolute Gasteiger partial charge is 0.321 e. The third kappa shape index (κ3) is 1.71. The Kier molecular flexibility index (Phi) is 2.65. The van der Waals surface area contributed by atoms with Gasteiger partial charge in [0, 0.05) is 6.04 Å². The van der Waals surface area contributed by atoms with Gasteiger partial charge in [-0.1, -0.05) is 12.8 Å². The molecule has 1 aliphatic heterocycles. The van der Waals surface area contributed by atoms with Crippen molar-refractivity contribution in [2.24, 2.45) is 11.8 Å². The molecule has 2 rings (SSSR count). The number of carboxylic acids is 2. The molecule has 1 saturated carbocycles. The lowest BCUT2D eigenvalue weighted by molar-refractivity contribution is -0.150. The van der Waals surface area contributed by atoms with Crippen LogP contribution < -0.4 is 5.32 Å². The lowest BCUT2D eigenvalue weighted by atomic mass is 9.78. The van der Waals surface area contributed by atoms with Crippen LogP contribution in [0.25, 0.3) is 0 Å². The van der Waals surface area contributed by atoms with E-state index in [4.69, 9.17) is 10.2 Å². The Morgan fingerprint density at radius 1 is 1.07 bits per heavy atom. The van der Waals surface area contributed by atoms with Crippen LogP contribution in [0.5, 0.6) is 0 Å². The summed E-state index contributed by atoms with van der Waals surface area (Å²) in [7, 11) is 0. The number of carboxylic acid groups (broad SMARTS) is 2. The lowest BCUT2D eigenvalue weighted by Gasteiger charge is -2.26. The van der Waals surface area contributed by atoms with Gasteiger partial charge in [0.15, 0.2) is 0 Å². The van der Waals surface area contributed by atoms with E-state index in [1.54, 1.807) is 0 Å². The number of rotatable bonds is 2. The zero-order chi connectivity index (χ0) is 11.0. The van der Waals surface area contributed by atoms with E-state index in [9.17, 15) is 9.59 Å². The van der Waals surface area contributed by atoms with Crippen LogP contribution in [-0.2, 0) is 9.59 Å². The molecule has 5 heteroatoms. The first-order valence-corrected chi connectivity index (χ1v) is 5.33. The summed E-state index contributed by atoms with van der Waals surface area (Å²) in [5.41, 5.74) is 0. The van der Waals surface area contributed by atoms with Crippen LogP contribution in [0.2, 0.25) is 0 Å². The number of carbonyl (C=O) groups is 2. The summed E-state index contributed by atoms with van der Waals surface area (Å²) in [6.45, 7) is 0. The minimum Gasteiger partial charge on any atom is -0.481 e. The van der Waals surface area contributed by atoms with Crippen LogP contribution in [0.3, 0.4) is 0 Å². The van der Waals surface area contributed by atoms with Gasteiger partial charge in [0.2, 0.25) is 0 Å². The maximum Gasteiger partial charge on any atom is 0.321 e. The molecule has 84 valence electrons. The molecule has 0 aromatic carbocycles. The molecule has 3 N–H and O–H groups in total. The second kappa shape index (κ2) is 3.81. The molecular weight excluding hydrogens is 198 g/mol. The summed E-state index contributed by atoms with van der Waals surface area (Å²) >= 11 is 0. The average molecular weight is 213 g/mol. The molecule has 2 fully saturated rings. The number of hydrogen-bond acceptors (Lipinski definition) is 3. The fourth-order valence-corrected chi connectivity index (χ4v) is 2.93. The van der Waals surface area contributed by atoms with E-state index in [-0.39, 0.29) is 12.0 Å². The van der Waals surface area contributed by atoms with Crippen molar-refractivity contribution in [3.05, 3.63) is 0 Å².